The van der Waals surface area contributed by atoms with Crippen LogP contribution in [-0.2, 0) is 0 Å². The first-order valence-electron chi connectivity index (χ1n) is 3.38. The van der Waals surface area contributed by atoms with Gasteiger partial charge in [-0.05, 0) is 18.2 Å². The van der Waals surface area contributed by atoms with Crippen molar-refractivity contribution < 1.29 is 19.8 Å². The van der Waals surface area contributed by atoms with Gasteiger partial charge in [0.05, 0.1) is 11.1 Å². The second-order valence-corrected chi connectivity index (χ2v) is 2.42. The van der Waals surface area contributed by atoms with Crippen molar-refractivity contribution in [1.82, 2.24) is 0 Å². The number of rotatable bonds is 2. The molecule has 4 N–H and O–H groups in total. The summed E-state index contributed by atoms with van der Waals surface area (Å²) in [4.78, 5) is 21.1. The van der Waals surface area contributed by atoms with Crippen LogP contribution in [0.4, 0.5) is 5.69 Å². The van der Waals surface area contributed by atoms with Crippen molar-refractivity contribution in [3.05, 3.63) is 29.3 Å². The normalized spacial score (nSPS) is 8.86. The Hall–Kier alpha value is -1.04. The van der Waals surface area contributed by atoms with Gasteiger partial charge in [0.1, 0.15) is 0 Å². The molecule has 5 nitrogen and oxygen atoms in total. The number of carboxylic acid groups (broad SMARTS) is 2. The molecule has 0 saturated heterocycles. The van der Waals surface area contributed by atoms with Crippen LogP contribution in [0.1, 0.15) is 20.7 Å². The number of hydrogen-bond donors (Lipinski definition) is 3. The number of benzene rings is 1. The minimum atomic E-state index is -1.30. The third-order valence-corrected chi connectivity index (χ3v) is 1.50. The molecule has 0 fully saturated rings. The van der Waals surface area contributed by atoms with E-state index in [1.807, 2.05) is 0 Å². The van der Waals surface area contributed by atoms with E-state index in [2.05, 4.69) is 0 Å². The summed E-state index contributed by atoms with van der Waals surface area (Å²) >= 11 is 0. The van der Waals surface area contributed by atoms with E-state index in [-0.39, 0.29) is 46.4 Å². The Morgan fingerprint density at radius 1 is 1.07 bits per heavy atom. The van der Waals surface area contributed by atoms with Crippen LogP contribution in [0.25, 0.3) is 0 Å². The Morgan fingerprint density at radius 3 is 2.00 bits per heavy atom. The summed E-state index contributed by atoms with van der Waals surface area (Å²) < 4.78 is 0. The van der Waals surface area contributed by atoms with Crippen LogP contribution < -0.4 is 5.73 Å². The van der Waals surface area contributed by atoms with E-state index < -0.39 is 11.9 Å². The van der Waals surface area contributed by atoms with Crippen molar-refractivity contribution in [2.45, 2.75) is 0 Å². The maximum absolute atomic E-state index is 10.6. The number of anilines is 1. The molecule has 0 aliphatic rings. The van der Waals surface area contributed by atoms with Gasteiger partial charge in [-0.15, -0.1) is 0 Å². The van der Waals surface area contributed by atoms with E-state index in [0.29, 0.717) is 0 Å². The van der Waals surface area contributed by atoms with Crippen LogP contribution in [0.2, 0.25) is 0 Å². The fourth-order valence-corrected chi connectivity index (χ4v) is 0.925. The van der Waals surface area contributed by atoms with Gasteiger partial charge in [0.25, 0.3) is 0 Å². The molecule has 0 radical (unpaired) electrons. The van der Waals surface area contributed by atoms with E-state index in [1.165, 1.54) is 12.1 Å². The molecule has 1 aromatic rings. The van der Waals surface area contributed by atoms with Gasteiger partial charge >= 0.3 is 41.5 Å². The quantitative estimate of drug-likeness (QED) is 0.466. The molecule has 70 valence electrons. The SMILES string of the molecule is Nc1ccc(C(=O)O)c(C(=O)O)c1.[NaH]. The summed E-state index contributed by atoms with van der Waals surface area (Å²) in [6.07, 6.45) is 0. The Kier molecular flexibility index (Phi) is 4.62. The van der Waals surface area contributed by atoms with Crippen molar-refractivity contribution in [2.75, 3.05) is 5.73 Å². The van der Waals surface area contributed by atoms with Crippen LogP contribution in [0, 0.1) is 0 Å². The second kappa shape index (κ2) is 4.99. The molecule has 0 atom stereocenters. The average molecular weight is 205 g/mol. The molecule has 0 spiro atoms. The summed E-state index contributed by atoms with van der Waals surface area (Å²) in [6.45, 7) is 0. The van der Waals surface area contributed by atoms with E-state index in [0.717, 1.165) is 6.07 Å². The van der Waals surface area contributed by atoms with E-state index in [1.54, 1.807) is 0 Å². The molecule has 1 rings (SSSR count). The molecule has 0 aliphatic heterocycles. The Balaban J connectivity index is 0.00000169. The van der Waals surface area contributed by atoms with Gasteiger partial charge in [-0.2, -0.15) is 0 Å². The molecule has 0 bridgehead atoms. The summed E-state index contributed by atoms with van der Waals surface area (Å²) in [5.74, 6) is -2.58. The third-order valence-electron chi connectivity index (χ3n) is 1.50. The van der Waals surface area contributed by atoms with Gasteiger partial charge in [-0.3, -0.25) is 0 Å². The first-order valence-corrected chi connectivity index (χ1v) is 3.38. The number of hydrogen-bond acceptors (Lipinski definition) is 3. The maximum atomic E-state index is 10.6. The molecule has 0 unspecified atom stereocenters. The Labute approximate surface area is 102 Å². The average Bonchev–Trinajstić information content (AvgIpc) is 2.03. The van der Waals surface area contributed by atoms with E-state index in [9.17, 15) is 9.59 Å². The van der Waals surface area contributed by atoms with Gasteiger partial charge in [-0.25, -0.2) is 9.59 Å². The predicted octanol–water partition coefficient (Wildman–Crippen LogP) is 0.0167. The van der Waals surface area contributed by atoms with Crippen molar-refractivity contribution in [3.8, 4) is 0 Å². The zero-order valence-electron chi connectivity index (χ0n) is 6.52. The van der Waals surface area contributed by atoms with Crippen molar-refractivity contribution >= 4 is 47.2 Å². The van der Waals surface area contributed by atoms with Crippen LogP contribution in [0.15, 0.2) is 18.2 Å². The van der Waals surface area contributed by atoms with Gasteiger partial charge in [0.2, 0.25) is 0 Å². The molecule has 6 heteroatoms. The standard InChI is InChI=1S/C8H7NO4.Na.H/c9-4-1-2-5(7(10)11)6(3-4)8(12)13;;/h1-3H,9H2,(H,10,11)(H,12,13);;. The zero-order valence-corrected chi connectivity index (χ0v) is 6.52. The molecule has 0 amide bonds. The molecule has 0 saturated carbocycles. The van der Waals surface area contributed by atoms with Crippen LogP contribution in [-0.4, -0.2) is 51.7 Å². The molecule has 1 aromatic carbocycles. The topological polar surface area (TPSA) is 101 Å². The van der Waals surface area contributed by atoms with Crippen LogP contribution >= 0.6 is 0 Å². The second-order valence-electron chi connectivity index (χ2n) is 2.42. The van der Waals surface area contributed by atoms with Gasteiger partial charge < -0.3 is 15.9 Å². The fraction of sp³-hybridized carbons (Fsp3) is 0. The summed E-state index contributed by atoms with van der Waals surface area (Å²) in [5.41, 5.74) is 4.97. The van der Waals surface area contributed by atoms with Gasteiger partial charge in [-0.1, -0.05) is 0 Å². The fourth-order valence-electron chi connectivity index (χ4n) is 0.925. The van der Waals surface area contributed by atoms with Crippen molar-refractivity contribution in [2.24, 2.45) is 0 Å². The van der Waals surface area contributed by atoms with Crippen molar-refractivity contribution in [3.63, 3.8) is 0 Å². The molecule has 0 aliphatic carbocycles. The number of nitrogens with two attached hydrogens (primary N) is 1. The first kappa shape index (κ1) is 13.0. The molecule has 0 aromatic heterocycles. The van der Waals surface area contributed by atoms with Gasteiger partial charge in [0, 0.05) is 5.69 Å². The molecular weight excluding hydrogens is 197 g/mol. The predicted molar refractivity (Wildman–Crippen MR) is 51.9 cm³/mol. The number of carboxylic acids is 2. The summed E-state index contributed by atoms with van der Waals surface area (Å²) in [6, 6.07) is 3.63. The molecule has 0 heterocycles. The van der Waals surface area contributed by atoms with E-state index >= 15 is 0 Å². The number of aromatic carboxylic acids is 2. The number of carbonyl (C=O) groups is 2. The van der Waals surface area contributed by atoms with Crippen LogP contribution in [0.3, 0.4) is 0 Å². The van der Waals surface area contributed by atoms with Crippen molar-refractivity contribution in [1.29, 1.82) is 0 Å². The zero-order chi connectivity index (χ0) is 10.0. The van der Waals surface area contributed by atoms with E-state index in [4.69, 9.17) is 15.9 Å². The molecule has 14 heavy (non-hydrogen) atoms. The summed E-state index contributed by atoms with van der Waals surface area (Å²) in [5, 5.41) is 17.2. The minimum absolute atomic E-state index is 0. The van der Waals surface area contributed by atoms with Gasteiger partial charge in [0.15, 0.2) is 0 Å². The molecular formula is C8H8NNaO4. The third kappa shape index (κ3) is 2.73. The Bertz CT molecular complexity index is 378. The first-order chi connectivity index (χ1) is 6.02. The number of nitrogen functional groups attached to an aromatic ring is 1. The Morgan fingerprint density at radius 2 is 1.57 bits per heavy atom. The monoisotopic (exact) mass is 205 g/mol. The van der Waals surface area contributed by atoms with Crippen LogP contribution in [0.5, 0.6) is 0 Å². The summed E-state index contributed by atoms with van der Waals surface area (Å²) in [7, 11) is 0.